The molecule has 2 fully saturated rings. The van der Waals surface area contributed by atoms with Gasteiger partial charge in [-0.1, -0.05) is 0 Å². The zero-order chi connectivity index (χ0) is 24.0. The smallest absolute Gasteiger partial charge is 0.407 e. The highest BCUT2D eigenvalue weighted by molar-refractivity contribution is 5.69. The van der Waals surface area contributed by atoms with Crippen LogP contribution in [-0.4, -0.2) is 71.5 Å². The lowest BCUT2D eigenvalue weighted by Crippen LogP contribution is -2.56. The van der Waals surface area contributed by atoms with Crippen molar-refractivity contribution in [1.29, 1.82) is 0 Å². The number of imidazole rings is 1. The molecular formula is C24H26F2N4O4. The van der Waals surface area contributed by atoms with E-state index in [9.17, 15) is 9.90 Å². The van der Waals surface area contributed by atoms with Crippen molar-refractivity contribution in [2.75, 3.05) is 40.0 Å². The average Bonchev–Trinajstić information content (AvgIpc) is 3.10. The van der Waals surface area contributed by atoms with E-state index in [0.29, 0.717) is 30.1 Å². The standard InChI is InChI=1S/C24H26F2N4O4/c1-14-3-4-30-19(10-16-11-29(23(31)32)5-6-34-16)22(28-20(30)7-14)21-17(25)8-15(9-18(21)26)24(27-2)12-33-13-24/h3-4,7-9,16,27H,5-6,10-13H2,1-2H3,(H,31,32)/t16-/m0/s1. The number of pyridine rings is 1. The van der Waals surface area contributed by atoms with E-state index >= 15 is 8.78 Å². The number of nitrogens with one attached hydrogen (secondary N) is 1. The molecule has 0 aliphatic carbocycles. The highest BCUT2D eigenvalue weighted by Crippen LogP contribution is 2.36. The van der Waals surface area contributed by atoms with Gasteiger partial charge >= 0.3 is 6.09 Å². The molecule has 8 nitrogen and oxygen atoms in total. The minimum atomic E-state index is -1.02. The second-order valence-corrected chi connectivity index (χ2v) is 8.90. The minimum absolute atomic E-state index is 0.169. The monoisotopic (exact) mass is 472 g/mol. The van der Waals surface area contributed by atoms with Gasteiger partial charge < -0.3 is 29.2 Å². The third-order valence-corrected chi connectivity index (χ3v) is 6.72. The fraction of sp³-hybridized carbons (Fsp3) is 0.417. The van der Waals surface area contributed by atoms with E-state index in [0.717, 1.165) is 5.56 Å². The van der Waals surface area contributed by atoms with E-state index in [-0.39, 0.29) is 37.4 Å². The van der Waals surface area contributed by atoms with Crippen molar-refractivity contribution in [3.63, 3.8) is 0 Å². The quantitative estimate of drug-likeness (QED) is 0.594. The molecule has 3 aromatic rings. The lowest BCUT2D eigenvalue weighted by atomic mass is 9.87. The first-order valence-corrected chi connectivity index (χ1v) is 11.1. The van der Waals surface area contributed by atoms with Crippen molar-refractivity contribution in [1.82, 2.24) is 19.6 Å². The van der Waals surface area contributed by atoms with Gasteiger partial charge in [0.25, 0.3) is 0 Å². The molecule has 2 aliphatic rings. The summed E-state index contributed by atoms with van der Waals surface area (Å²) in [5, 5.41) is 12.5. The van der Waals surface area contributed by atoms with Crippen molar-refractivity contribution in [3.8, 4) is 11.3 Å². The number of amides is 1. The Morgan fingerprint density at radius 2 is 2.03 bits per heavy atom. The summed E-state index contributed by atoms with van der Waals surface area (Å²) in [5.41, 5.74) is 1.91. The van der Waals surface area contributed by atoms with Crippen LogP contribution in [-0.2, 0) is 21.4 Å². The van der Waals surface area contributed by atoms with E-state index in [2.05, 4.69) is 10.3 Å². The van der Waals surface area contributed by atoms with Gasteiger partial charge in [0.1, 0.15) is 17.3 Å². The summed E-state index contributed by atoms with van der Waals surface area (Å²) in [5.74, 6) is -1.43. The molecule has 1 aromatic carbocycles. The predicted molar refractivity (Wildman–Crippen MR) is 120 cm³/mol. The van der Waals surface area contributed by atoms with Crippen LogP contribution in [0.25, 0.3) is 16.9 Å². The number of fused-ring (bicyclic) bond motifs is 1. The molecule has 2 saturated heterocycles. The lowest BCUT2D eigenvalue weighted by molar-refractivity contribution is -0.0750. The minimum Gasteiger partial charge on any atom is -0.465 e. The number of hydrogen-bond donors (Lipinski definition) is 2. The zero-order valence-electron chi connectivity index (χ0n) is 19.0. The first-order valence-electron chi connectivity index (χ1n) is 11.1. The molecule has 2 aromatic heterocycles. The van der Waals surface area contributed by atoms with Crippen LogP contribution in [0, 0.1) is 18.6 Å². The number of likely N-dealkylation sites (N-methyl/N-ethyl adjacent to an activating group) is 1. The number of rotatable bonds is 5. The van der Waals surface area contributed by atoms with Crippen LogP contribution < -0.4 is 5.32 Å². The molecule has 2 N–H and O–H groups in total. The van der Waals surface area contributed by atoms with E-state index in [1.807, 2.05) is 19.1 Å². The number of hydrogen-bond acceptors (Lipinski definition) is 5. The Morgan fingerprint density at radius 3 is 2.65 bits per heavy atom. The molecule has 2 aliphatic heterocycles. The highest BCUT2D eigenvalue weighted by Gasteiger charge is 2.40. The van der Waals surface area contributed by atoms with Gasteiger partial charge in [-0.05, 0) is 49.4 Å². The Hall–Kier alpha value is -3.08. The second-order valence-electron chi connectivity index (χ2n) is 8.90. The molecule has 34 heavy (non-hydrogen) atoms. The third-order valence-electron chi connectivity index (χ3n) is 6.72. The van der Waals surface area contributed by atoms with Gasteiger partial charge in [-0.15, -0.1) is 0 Å². The van der Waals surface area contributed by atoms with E-state index in [1.165, 1.54) is 17.0 Å². The molecule has 0 saturated carbocycles. The van der Waals surface area contributed by atoms with E-state index < -0.39 is 29.4 Å². The van der Waals surface area contributed by atoms with E-state index in [4.69, 9.17) is 9.47 Å². The van der Waals surface area contributed by atoms with Crippen LogP contribution in [0.4, 0.5) is 13.6 Å². The highest BCUT2D eigenvalue weighted by atomic mass is 19.1. The lowest BCUT2D eigenvalue weighted by Gasteiger charge is -2.41. The Kier molecular flexibility index (Phi) is 5.75. The van der Waals surface area contributed by atoms with Crippen molar-refractivity contribution in [2.24, 2.45) is 0 Å². The van der Waals surface area contributed by atoms with E-state index in [1.54, 1.807) is 17.6 Å². The van der Waals surface area contributed by atoms with Crippen molar-refractivity contribution < 1.29 is 28.2 Å². The maximum Gasteiger partial charge on any atom is 0.407 e. The number of halogens is 2. The SMILES string of the molecule is CNC1(c2cc(F)c(-c3nc4cc(C)ccn4c3C[C@H]3CN(C(=O)O)CCO3)c(F)c2)COC1. The summed E-state index contributed by atoms with van der Waals surface area (Å²) in [6.07, 6.45) is 0.571. The molecule has 180 valence electrons. The summed E-state index contributed by atoms with van der Waals surface area (Å²) in [4.78, 5) is 17.3. The van der Waals surface area contributed by atoms with Gasteiger partial charge in [0.05, 0.1) is 55.0 Å². The first kappa shape index (κ1) is 22.7. The summed E-state index contributed by atoms with van der Waals surface area (Å²) < 4.78 is 43.8. The summed E-state index contributed by atoms with van der Waals surface area (Å²) in [7, 11) is 1.74. The molecule has 5 rings (SSSR count). The van der Waals surface area contributed by atoms with Gasteiger partial charge in [0, 0.05) is 19.2 Å². The first-order chi connectivity index (χ1) is 16.3. The summed E-state index contributed by atoms with van der Waals surface area (Å²) >= 11 is 0. The van der Waals surface area contributed by atoms with Gasteiger partial charge in [0.15, 0.2) is 0 Å². The predicted octanol–water partition coefficient (Wildman–Crippen LogP) is 2.95. The van der Waals surface area contributed by atoms with Gasteiger partial charge in [-0.2, -0.15) is 0 Å². The van der Waals surface area contributed by atoms with Crippen molar-refractivity contribution in [3.05, 3.63) is 58.9 Å². The Labute approximate surface area is 195 Å². The Bertz CT molecular complexity index is 1230. The average molecular weight is 472 g/mol. The van der Waals surface area contributed by atoms with Crippen LogP contribution >= 0.6 is 0 Å². The zero-order valence-corrected chi connectivity index (χ0v) is 19.0. The topological polar surface area (TPSA) is 88.3 Å². The Morgan fingerprint density at radius 1 is 1.29 bits per heavy atom. The molecule has 0 radical (unpaired) electrons. The molecule has 1 amide bonds. The summed E-state index contributed by atoms with van der Waals surface area (Å²) in [6, 6.07) is 6.39. The van der Waals surface area contributed by atoms with Gasteiger partial charge in [-0.3, -0.25) is 0 Å². The maximum atomic E-state index is 15.5. The normalized spacial score (nSPS) is 19.9. The second kappa shape index (κ2) is 8.61. The molecule has 0 unspecified atom stereocenters. The molecule has 10 heteroatoms. The number of aryl methyl sites for hydroxylation is 1. The van der Waals surface area contributed by atoms with Crippen LogP contribution in [0.1, 0.15) is 16.8 Å². The van der Waals surface area contributed by atoms with Crippen LogP contribution in [0.5, 0.6) is 0 Å². The Balaban J connectivity index is 1.59. The van der Waals surface area contributed by atoms with Crippen molar-refractivity contribution in [2.45, 2.75) is 25.0 Å². The number of benzene rings is 1. The van der Waals surface area contributed by atoms with Crippen molar-refractivity contribution >= 4 is 11.7 Å². The summed E-state index contributed by atoms with van der Waals surface area (Å²) in [6.45, 7) is 3.29. The molecule has 4 heterocycles. The number of ether oxygens (including phenoxy) is 2. The van der Waals surface area contributed by atoms with Crippen LogP contribution in [0.15, 0.2) is 30.5 Å². The maximum absolute atomic E-state index is 15.5. The number of morpholine rings is 1. The van der Waals surface area contributed by atoms with Crippen LogP contribution in [0.2, 0.25) is 0 Å². The fourth-order valence-corrected chi connectivity index (χ4v) is 4.66. The number of nitrogens with zero attached hydrogens (tertiary/aromatic N) is 3. The largest absolute Gasteiger partial charge is 0.465 e. The molecular weight excluding hydrogens is 446 g/mol. The van der Waals surface area contributed by atoms with Crippen LogP contribution in [0.3, 0.4) is 0 Å². The number of aromatic nitrogens is 2. The molecule has 0 spiro atoms. The third kappa shape index (κ3) is 3.81. The number of carbonyl (C=O) groups is 1. The fourth-order valence-electron chi connectivity index (χ4n) is 4.66. The van der Waals surface area contributed by atoms with Gasteiger partial charge in [-0.25, -0.2) is 18.6 Å². The van der Waals surface area contributed by atoms with Gasteiger partial charge in [0.2, 0.25) is 0 Å². The molecule has 1 atom stereocenters. The molecule has 0 bridgehead atoms. The number of carboxylic acid groups (broad SMARTS) is 1.